The van der Waals surface area contributed by atoms with Crippen molar-refractivity contribution < 1.29 is 19.1 Å². The minimum atomic E-state index is -0.604. The van der Waals surface area contributed by atoms with E-state index in [1.807, 2.05) is 0 Å². The first-order valence-corrected chi connectivity index (χ1v) is 11.4. The Balaban J connectivity index is 1.54. The third-order valence-corrected chi connectivity index (χ3v) is 8.09. The maximum atomic E-state index is 13.0. The minimum absolute atomic E-state index is 0.0807. The molecule has 0 radical (unpaired) electrons. The molecule has 5 rings (SSSR count). The Morgan fingerprint density at radius 3 is 2.17 bits per heavy atom. The van der Waals surface area contributed by atoms with Gasteiger partial charge in [0.15, 0.2) is 0 Å². The zero-order chi connectivity index (χ0) is 20.9. The Hall–Kier alpha value is -1.89. The lowest BCUT2D eigenvalue weighted by molar-refractivity contribution is -0.124. The zero-order valence-electron chi connectivity index (χ0n) is 17.4. The largest absolute Gasteiger partial charge is 0.459 e. The van der Waals surface area contributed by atoms with E-state index in [9.17, 15) is 14.4 Å². The predicted molar refractivity (Wildman–Crippen MR) is 112 cm³/mol. The number of nitrogens with two attached hydrogens (primary N) is 1. The summed E-state index contributed by atoms with van der Waals surface area (Å²) < 4.78 is 5.33. The van der Waals surface area contributed by atoms with Gasteiger partial charge in [0.25, 0.3) is 5.91 Å². The van der Waals surface area contributed by atoms with E-state index in [0.29, 0.717) is 17.0 Å². The Bertz CT molecular complexity index is 822. The van der Waals surface area contributed by atoms with Crippen LogP contribution >= 0.6 is 11.3 Å². The van der Waals surface area contributed by atoms with Gasteiger partial charge in [-0.3, -0.25) is 9.59 Å². The summed E-state index contributed by atoms with van der Waals surface area (Å²) in [6.45, 7) is 5.20. The van der Waals surface area contributed by atoms with Gasteiger partial charge >= 0.3 is 5.97 Å². The molecule has 1 aromatic heterocycles. The van der Waals surface area contributed by atoms with E-state index in [2.05, 4.69) is 5.32 Å². The second kappa shape index (κ2) is 7.42. The molecule has 158 valence electrons. The molecule has 4 aliphatic rings. The molecule has 0 spiro atoms. The highest BCUT2D eigenvalue weighted by molar-refractivity contribution is 7.18. The summed E-state index contributed by atoms with van der Waals surface area (Å²) in [4.78, 5) is 37.7. The van der Waals surface area contributed by atoms with Crippen molar-refractivity contribution in [2.24, 2.45) is 28.9 Å². The average molecular weight is 419 g/mol. The van der Waals surface area contributed by atoms with Gasteiger partial charge in [-0.1, -0.05) is 0 Å². The van der Waals surface area contributed by atoms with Crippen LogP contribution in [0, 0.1) is 30.1 Å². The van der Waals surface area contributed by atoms with Crippen LogP contribution in [0.3, 0.4) is 0 Å². The van der Waals surface area contributed by atoms with E-state index < -0.39 is 11.9 Å². The highest BCUT2D eigenvalue weighted by Crippen LogP contribution is 2.61. The molecule has 4 saturated carbocycles. The first-order valence-electron chi connectivity index (χ1n) is 10.6. The summed E-state index contributed by atoms with van der Waals surface area (Å²) in [5, 5.41) is 3.30. The van der Waals surface area contributed by atoms with Crippen LogP contribution in [0.5, 0.6) is 0 Å². The summed E-state index contributed by atoms with van der Waals surface area (Å²) >= 11 is 1.06. The molecule has 0 aliphatic heterocycles. The molecule has 0 saturated heterocycles. The van der Waals surface area contributed by atoms with Crippen molar-refractivity contribution in [3.05, 3.63) is 16.0 Å². The smallest absolute Gasteiger partial charge is 0.341 e. The molecule has 6 nitrogen and oxygen atoms in total. The molecule has 0 unspecified atom stereocenters. The fourth-order valence-corrected chi connectivity index (χ4v) is 7.44. The van der Waals surface area contributed by atoms with E-state index >= 15 is 0 Å². The number of anilines is 1. The normalized spacial score (nSPS) is 29.9. The van der Waals surface area contributed by atoms with Crippen LogP contribution in [0.15, 0.2) is 0 Å². The number of rotatable bonds is 6. The summed E-state index contributed by atoms with van der Waals surface area (Å²) in [6, 6.07) is 0. The van der Waals surface area contributed by atoms with Crippen LogP contribution in [0.1, 0.15) is 84.4 Å². The van der Waals surface area contributed by atoms with Crippen molar-refractivity contribution in [2.45, 2.75) is 71.8 Å². The first kappa shape index (κ1) is 20.4. The number of carbonyl (C=O) groups excluding carboxylic acids is 3. The summed E-state index contributed by atoms with van der Waals surface area (Å²) in [7, 11) is 0. The lowest BCUT2D eigenvalue weighted by atomic mass is 9.49. The topological polar surface area (TPSA) is 98.5 Å². The molecule has 3 N–H and O–H groups in total. The van der Waals surface area contributed by atoms with E-state index in [4.69, 9.17) is 10.5 Å². The van der Waals surface area contributed by atoms with Crippen LogP contribution in [0.2, 0.25) is 0 Å². The number of nitrogens with one attached hydrogen (secondary N) is 1. The van der Waals surface area contributed by atoms with Gasteiger partial charge < -0.3 is 15.8 Å². The quantitative estimate of drug-likeness (QED) is 0.674. The summed E-state index contributed by atoms with van der Waals surface area (Å²) in [5.74, 6) is 1.10. The number of primary amides is 1. The number of thiophene rings is 1. The molecule has 1 aromatic rings. The van der Waals surface area contributed by atoms with Crippen molar-refractivity contribution in [1.82, 2.24) is 0 Å². The number of esters is 1. The van der Waals surface area contributed by atoms with Crippen LogP contribution in [-0.4, -0.2) is 23.9 Å². The highest BCUT2D eigenvalue weighted by Gasteiger charge is 2.51. The number of hydrogen-bond donors (Lipinski definition) is 2. The van der Waals surface area contributed by atoms with E-state index in [1.54, 1.807) is 20.8 Å². The molecule has 2 amide bonds. The second-order valence-corrected chi connectivity index (χ2v) is 10.7. The predicted octanol–water partition coefficient (Wildman–Crippen LogP) is 4.27. The van der Waals surface area contributed by atoms with Crippen LogP contribution in [0.25, 0.3) is 0 Å². The molecule has 7 heteroatoms. The molecule has 4 aliphatic carbocycles. The highest BCUT2D eigenvalue weighted by atomic mass is 32.1. The molecule has 4 fully saturated rings. The Morgan fingerprint density at radius 2 is 1.69 bits per heavy atom. The lowest BCUT2D eigenvalue weighted by Gasteiger charge is -2.56. The van der Waals surface area contributed by atoms with Crippen molar-refractivity contribution in [3.63, 3.8) is 0 Å². The van der Waals surface area contributed by atoms with Crippen molar-refractivity contribution >= 4 is 34.1 Å². The molecule has 0 atom stereocenters. The number of ether oxygens (including phenoxy) is 1. The SMILES string of the molecule is Cc1c(C(N)=O)sc(NC(=O)CC23CC4CC(CC(C4)C2)C3)c1C(=O)OC(C)C. The van der Waals surface area contributed by atoms with E-state index in [1.165, 1.54) is 19.3 Å². The van der Waals surface area contributed by atoms with Gasteiger partial charge in [0, 0.05) is 6.42 Å². The molecule has 0 aromatic carbocycles. The number of carbonyl (C=O) groups is 3. The molecular formula is C22H30N2O4S. The van der Waals surface area contributed by atoms with Crippen molar-refractivity contribution in [3.8, 4) is 0 Å². The van der Waals surface area contributed by atoms with Gasteiger partial charge in [0.2, 0.25) is 5.91 Å². The monoisotopic (exact) mass is 418 g/mol. The maximum absolute atomic E-state index is 13.0. The molecule has 4 bridgehead atoms. The van der Waals surface area contributed by atoms with Gasteiger partial charge in [0.1, 0.15) is 5.00 Å². The number of hydrogen-bond acceptors (Lipinski definition) is 5. The Labute approximate surface area is 175 Å². The van der Waals surface area contributed by atoms with Crippen LogP contribution in [0.4, 0.5) is 5.00 Å². The third-order valence-electron chi connectivity index (χ3n) is 6.87. The average Bonchev–Trinajstić information content (AvgIpc) is 2.88. The van der Waals surface area contributed by atoms with Crippen molar-refractivity contribution in [1.29, 1.82) is 0 Å². The Morgan fingerprint density at radius 1 is 1.14 bits per heavy atom. The van der Waals surface area contributed by atoms with Gasteiger partial charge in [-0.05, 0) is 88.0 Å². The van der Waals surface area contributed by atoms with E-state index in [0.717, 1.165) is 48.4 Å². The molecule has 29 heavy (non-hydrogen) atoms. The van der Waals surface area contributed by atoms with Crippen LogP contribution < -0.4 is 11.1 Å². The lowest BCUT2D eigenvalue weighted by Crippen LogP contribution is -2.47. The third kappa shape index (κ3) is 3.93. The van der Waals surface area contributed by atoms with Gasteiger partial charge in [-0.15, -0.1) is 11.3 Å². The standard InChI is InChI=1S/C22H30N2O4S/c1-11(2)28-21(27)17-12(3)18(19(23)26)29-20(17)24-16(25)10-22-7-13-4-14(8-22)6-15(5-13)9-22/h11,13-15H,4-10H2,1-3H3,(H2,23,26)(H,24,25). The van der Waals surface area contributed by atoms with Gasteiger partial charge in [0.05, 0.1) is 16.5 Å². The van der Waals surface area contributed by atoms with E-state index in [-0.39, 0.29) is 27.9 Å². The maximum Gasteiger partial charge on any atom is 0.341 e. The Kier molecular flexibility index (Phi) is 5.21. The molecule has 1 heterocycles. The minimum Gasteiger partial charge on any atom is -0.459 e. The fourth-order valence-electron chi connectivity index (χ4n) is 6.37. The zero-order valence-corrected chi connectivity index (χ0v) is 18.2. The summed E-state index contributed by atoms with van der Waals surface area (Å²) in [5.41, 5.74) is 6.30. The second-order valence-electron chi connectivity index (χ2n) is 9.72. The van der Waals surface area contributed by atoms with Gasteiger partial charge in [-0.2, -0.15) is 0 Å². The van der Waals surface area contributed by atoms with Crippen LogP contribution in [-0.2, 0) is 9.53 Å². The van der Waals surface area contributed by atoms with Crippen molar-refractivity contribution in [2.75, 3.05) is 5.32 Å². The van der Waals surface area contributed by atoms with Gasteiger partial charge in [-0.25, -0.2) is 4.79 Å². The number of amides is 2. The summed E-state index contributed by atoms with van der Waals surface area (Å²) in [6.07, 6.45) is 7.61. The fraction of sp³-hybridized carbons (Fsp3) is 0.682. The molecular weight excluding hydrogens is 388 g/mol. The first-order chi connectivity index (χ1) is 13.7.